The van der Waals surface area contributed by atoms with E-state index in [0.717, 1.165) is 4.47 Å². The van der Waals surface area contributed by atoms with Crippen molar-refractivity contribution in [3.63, 3.8) is 0 Å². The fourth-order valence-corrected chi connectivity index (χ4v) is 4.34. The van der Waals surface area contributed by atoms with Crippen LogP contribution in [0.5, 0.6) is 11.5 Å². The van der Waals surface area contributed by atoms with Crippen LogP contribution in [-0.2, 0) is 0 Å². The Kier molecular flexibility index (Phi) is 10.1. The van der Waals surface area contributed by atoms with Crippen LogP contribution in [0.2, 0.25) is 10.0 Å². The number of hydrazone groups is 1. The van der Waals surface area contributed by atoms with Gasteiger partial charge in [-0.05, 0) is 85.3 Å². The van der Waals surface area contributed by atoms with Crippen molar-refractivity contribution in [1.29, 1.82) is 0 Å². The minimum Gasteiger partial charge on any atom is -0.490 e. The number of halogens is 3. The summed E-state index contributed by atoms with van der Waals surface area (Å²) in [6.07, 6.45) is 1.41. The number of nitrogens with zero attached hydrogens (tertiary/aromatic N) is 1. The second-order valence-corrected chi connectivity index (χ2v) is 10.1. The van der Waals surface area contributed by atoms with Crippen molar-refractivity contribution in [3.05, 3.63) is 122 Å². The third-order valence-electron chi connectivity index (χ3n) is 5.53. The van der Waals surface area contributed by atoms with Gasteiger partial charge in [-0.1, -0.05) is 51.3 Å². The van der Waals surface area contributed by atoms with E-state index in [-0.39, 0.29) is 27.6 Å². The Morgan fingerprint density at radius 2 is 1.63 bits per heavy atom. The first-order valence-corrected chi connectivity index (χ1v) is 13.7. The molecule has 0 aromatic heterocycles. The SMILES string of the molecule is CCOc1cc(/C=N\NC(=O)c2ccccc2NC(=O)c2ccc(Cl)cc2Cl)ccc1OC(=O)c1ccc(Br)cc1. The molecule has 4 rings (SSSR count). The number of para-hydroxylation sites is 1. The number of ether oxygens (including phenoxy) is 2. The lowest BCUT2D eigenvalue weighted by Crippen LogP contribution is -2.21. The van der Waals surface area contributed by atoms with Gasteiger partial charge in [-0.3, -0.25) is 9.59 Å². The van der Waals surface area contributed by atoms with Crippen LogP contribution in [0.3, 0.4) is 0 Å². The molecule has 0 radical (unpaired) electrons. The van der Waals surface area contributed by atoms with Gasteiger partial charge in [0, 0.05) is 9.50 Å². The summed E-state index contributed by atoms with van der Waals surface area (Å²) >= 11 is 15.4. The first-order chi connectivity index (χ1) is 19.7. The Hall–Kier alpha value is -4.18. The van der Waals surface area contributed by atoms with Crippen molar-refractivity contribution in [2.75, 3.05) is 11.9 Å². The molecule has 0 spiro atoms. The zero-order chi connectivity index (χ0) is 29.4. The van der Waals surface area contributed by atoms with E-state index >= 15 is 0 Å². The number of hydrogen-bond acceptors (Lipinski definition) is 6. The van der Waals surface area contributed by atoms with Gasteiger partial charge in [0.25, 0.3) is 11.8 Å². The number of esters is 1. The second-order valence-electron chi connectivity index (χ2n) is 8.36. The van der Waals surface area contributed by atoms with E-state index in [2.05, 4.69) is 31.8 Å². The number of carbonyl (C=O) groups excluding carboxylic acids is 3. The molecule has 8 nitrogen and oxygen atoms in total. The van der Waals surface area contributed by atoms with Crippen molar-refractivity contribution in [3.8, 4) is 11.5 Å². The van der Waals surface area contributed by atoms with Crippen LogP contribution in [0.25, 0.3) is 0 Å². The van der Waals surface area contributed by atoms with Gasteiger partial charge in [0.15, 0.2) is 11.5 Å². The van der Waals surface area contributed by atoms with Crippen LogP contribution in [-0.4, -0.2) is 30.6 Å². The Balaban J connectivity index is 1.44. The summed E-state index contributed by atoms with van der Waals surface area (Å²) in [7, 11) is 0. The normalized spacial score (nSPS) is 10.7. The van der Waals surface area contributed by atoms with E-state index in [4.69, 9.17) is 32.7 Å². The van der Waals surface area contributed by atoms with Gasteiger partial charge in [0.2, 0.25) is 0 Å². The highest BCUT2D eigenvalue weighted by atomic mass is 79.9. The standard InChI is InChI=1S/C30H22BrCl2N3O5/c1-2-40-27-15-18(7-14-26(27)41-30(39)19-8-10-20(31)11-9-19)17-34-36-29(38)23-5-3-4-6-25(23)35-28(37)22-13-12-21(32)16-24(22)33/h3-17H,2H2,1H3,(H,35,37)(H,36,38)/b34-17-. The molecule has 0 saturated carbocycles. The van der Waals surface area contributed by atoms with Crippen LogP contribution < -0.4 is 20.2 Å². The largest absolute Gasteiger partial charge is 0.490 e. The first kappa shape index (κ1) is 29.8. The van der Waals surface area contributed by atoms with Gasteiger partial charge in [0.05, 0.1) is 40.2 Å². The zero-order valence-corrected chi connectivity index (χ0v) is 24.6. The zero-order valence-electron chi connectivity index (χ0n) is 21.5. The van der Waals surface area contributed by atoms with Gasteiger partial charge < -0.3 is 14.8 Å². The third-order valence-corrected chi connectivity index (χ3v) is 6.60. The Morgan fingerprint density at radius 1 is 0.878 bits per heavy atom. The van der Waals surface area contributed by atoms with E-state index in [1.54, 1.807) is 79.7 Å². The highest BCUT2D eigenvalue weighted by Crippen LogP contribution is 2.29. The van der Waals surface area contributed by atoms with Gasteiger partial charge in [-0.15, -0.1) is 0 Å². The molecular weight excluding hydrogens is 633 g/mol. The summed E-state index contributed by atoms with van der Waals surface area (Å²) in [6, 6.07) is 22.6. The van der Waals surface area contributed by atoms with Crippen molar-refractivity contribution in [1.82, 2.24) is 5.43 Å². The molecule has 41 heavy (non-hydrogen) atoms. The lowest BCUT2D eigenvalue weighted by Gasteiger charge is -2.12. The molecule has 0 fully saturated rings. The minimum absolute atomic E-state index is 0.182. The Morgan fingerprint density at radius 3 is 2.37 bits per heavy atom. The molecule has 2 amide bonds. The van der Waals surface area contributed by atoms with Crippen molar-refractivity contribution in [2.24, 2.45) is 5.10 Å². The molecule has 11 heteroatoms. The molecule has 0 aliphatic rings. The lowest BCUT2D eigenvalue weighted by atomic mass is 10.1. The molecule has 208 valence electrons. The quantitative estimate of drug-likeness (QED) is 0.0847. The predicted molar refractivity (Wildman–Crippen MR) is 163 cm³/mol. The van der Waals surface area contributed by atoms with Crippen LogP contribution >= 0.6 is 39.1 Å². The predicted octanol–water partition coefficient (Wildman–Crippen LogP) is 7.39. The summed E-state index contributed by atoms with van der Waals surface area (Å²) in [5, 5.41) is 7.30. The summed E-state index contributed by atoms with van der Waals surface area (Å²) in [5.74, 6) is -1.01. The number of anilines is 1. The number of carbonyl (C=O) groups is 3. The van der Waals surface area contributed by atoms with E-state index in [9.17, 15) is 14.4 Å². The molecule has 0 heterocycles. The average Bonchev–Trinajstić information content (AvgIpc) is 2.95. The molecule has 0 saturated heterocycles. The minimum atomic E-state index is -0.551. The van der Waals surface area contributed by atoms with Gasteiger partial charge in [0.1, 0.15) is 0 Å². The second kappa shape index (κ2) is 13.9. The molecule has 4 aromatic rings. The van der Waals surface area contributed by atoms with Gasteiger partial charge in [-0.25, -0.2) is 10.2 Å². The monoisotopic (exact) mass is 653 g/mol. The average molecular weight is 655 g/mol. The molecule has 2 N–H and O–H groups in total. The highest BCUT2D eigenvalue weighted by Gasteiger charge is 2.16. The Labute approximate surface area is 254 Å². The van der Waals surface area contributed by atoms with Crippen LogP contribution in [0.4, 0.5) is 5.69 Å². The molecule has 0 unspecified atom stereocenters. The number of hydrogen-bond donors (Lipinski definition) is 2. The van der Waals surface area contributed by atoms with Crippen molar-refractivity contribution < 1.29 is 23.9 Å². The van der Waals surface area contributed by atoms with Crippen LogP contribution in [0.15, 0.2) is 94.5 Å². The summed E-state index contributed by atoms with van der Waals surface area (Å²) in [4.78, 5) is 38.2. The van der Waals surface area contributed by atoms with Gasteiger partial charge >= 0.3 is 5.97 Å². The molecule has 4 aromatic carbocycles. The smallest absolute Gasteiger partial charge is 0.343 e. The first-order valence-electron chi connectivity index (χ1n) is 12.2. The van der Waals surface area contributed by atoms with E-state index in [0.29, 0.717) is 28.5 Å². The topological polar surface area (TPSA) is 106 Å². The summed E-state index contributed by atoms with van der Waals surface area (Å²) in [5.41, 5.74) is 4.08. The fourth-order valence-electron chi connectivity index (χ4n) is 3.58. The van der Waals surface area contributed by atoms with Gasteiger partial charge in [-0.2, -0.15) is 5.10 Å². The number of rotatable bonds is 9. The Bertz CT molecular complexity index is 1630. The number of amides is 2. The summed E-state index contributed by atoms with van der Waals surface area (Å²) < 4.78 is 12.0. The van der Waals surface area contributed by atoms with Crippen molar-refractivity contribution in [2.45, 2.75) is 6.92 Å². The highest BCUT2D eigenvalue weighted by molar-refractivity contribution is 9.10. The third kappa shape index (κ3) is 7.94. The van der Waals surface area contributed by atoms with E-state index in [1.807, 2.05) is 0 Å². The molecule has 0 bridgehead atoms. The van der Waals surface area contributed by atoms with E-state index < -0.39 is 17.8 Å². The molecule has 0 aliphatic heterocycles. The van der Waals surface area contributed by atoms with Crippen LogP contribution in [0, 0.1) is 0 Å². The maximum atomic E-state index is 12.9. The molecule has 0 aliphatic carbocycles. The fraction of sp³-hybridized carbons (Fsp3) is 0.0667. The number of benzene rings is 4. The summed E-state index contributed by atoms with van der Waals surface area (Å²) in [6.45, 7) is 2.14. The number of nitrogens with one attached hydrogen (secondary N) is 2. The maximum absolute atomic E-state index is 12.9. The van der Waals surface area contributed by atoms with Crippen molar-refractivity contribution >= 4 is 68.8 Å². The maximum Gasteiger partial charge on any atom is 0.343 e. The molecular formula is C30H22BrCl2N3O5. The lowest BCUT2D eigenvalue weighted by molar-refractivity contribution is 0.0728. The van der Waals surface area contributed by atoms with E-state index in [1.165, 1.54) is 18.3 Å². The van der Waals surface area contributed by atoms with Crippen LogP contribution in [0.1, 0.15) is 43.6 Å². The molecule has 0 atom stereocenters.